The molecule has 0 bridgehead atoms. The van der Waals surface area contributed by atoms with Crippen molar-refractivity contribution in [2.75, 3.05) is 11.4 Å². The summed E-state index contributed by atoms with van der Waals surface area (Å²) in [5.41, 5.74) is 0.972. The topological polar surface area (TPSA) is 64.6 Å². The number of benzene rings is 1. The largest absolute Gasteiger partial charge is 0.573 e. The van der Waals surface area contributed by atoms with Crippen molar-refractivity contribution in [3.63, 3.8) is 0 Å². The first-order chi connectivity index (χ1) is 14.2. The van der Waals surface area contributed by atoms with Crippen LogP contribution < -0.4 is 14.4 Å². The van der Waals surface area contributed by atoms with Crippen LogP contribution in [0.15, 0.2) is 36.4 Å². The monoisotopic (exact) mass is 421 g/mol. The van der Waals surface area contributed by atoms with E-state index in [1.807, 2.05) is 13.0 Å². The molecule has 1 aliphatic carbocycles. The number of rotatable bonds is 4. The molecule has 0 atom stereocenters. The lowest BCUT2D eigenvalue weighted by atomic mass is 9.72. The number of aromatic nitrogens is 2. The van der Waals surface area contributed by atoms with Crippen molar-refractivity contribution in [1.82, 2.24) is 10.2 Å². The molecular weight excluding hydrogens is 399 g/mol. The Morgan fingerprint density at radius 3 is 2.33 bits per heavy atom. The molecule has 0 unspecified atom stereocenters. The predicted molar refractivity (Wildman–Crippen MR) is 102 cm³/mol. The average Bonchev–Trinajstić information content (AvgIpc) is 3.01. The Hall–Kier alpha value is -2.84. The minimum atomic E-state index is -4.74. The summed E-state index contributed by atoms with van der Waals surface area (Å²) in [6.45, 7) is 2.41. The van der Waals surface area contributed by atoms with Crippen LogP contribution in [0, 0.1) is 12.3 Å². The van der Waals surface area contributed by atoms with E-state index in [-0.39, 0.29) is 17.8 Å². The van der Waals surface area contributed by atoms with Crippen molar-refractivity contribution in [2.24, 2.45) is 5.41 Å². The van der Waals surface area contributed by atoms with Crippen LogP contribution in [0.4, 0.5) is 18.9 Å². The van der Waals surface area contributed by atoms with E-state index in [9.17, 15) is 18.0 Å². The lowest BCUT2D eigenvalue weighted by Crippen LogP contribution is -2.39. The van der Waals surface area contributed by atoms with Crippen LogP contribution in [0.3, 0.4) is 0 Å². The Bertz CT molecular complexity index is 892. The van der Waals surface area contributed by atoms with Crippen molar-refractivity contribution in [1.29, 1.82) is 0 Å². The van der Waals surface area contributed by atoms with Gasteiger partial charge in [0.1, 0.15) is 11.9 Å². The van der Waals surface area contributed by atoms with Crippen LogP contribution in [-0.2, 0) is 4.79 Å². The van der Waals surface area contributed by atoms with Crippen LogP contribution in [0.1, 0.15) is 37.8 Å². The fourth-order valence-electron chi connectivity index (χ4n) is 4.24. The third kappa shape index (κ3) is 4.34. The van der Waals surface area contributed by atoms with Gasteiger partial charge in [0, 0.05) is 18.3 Å². The molecular formula is C21H22F3N3O3. The molecule has 6 nitrogen and oxygen atoms in total. The number of amides is 1. The lowest BCUT2D eigenvalue weighted by molar-refractivity contribution is -0.274. The molecule has 1 saturated heterocycles. The van der Waals surface area contributed by atoms with Gasteiger partial charge in [0.15, 0.2) is 0 Å². The fraction of sp³-hybridized carbons (Fsp3) is 0.476. The Morgan fingerprint density at radius 2 is 1.73 bits per heavy atom. The average molecular weight is 421 g/mol. The third-order valence-corrected chi connectivity index (χ3v) is 5.85. The van der Waals surface area contributed by atoms with Crippen molar-refractivity contribution < 1.29 is 27.4 Å². The Labute approximate surface area is 172 Å². The molecule has 160 valence electrons. The molecule has 2 aliphatic rings. The number of nitrogens with zero attached hydrogens (tertiary/aromatic N) is 3. The van der Waals surface area contributed by atoms with Crippen LogP contribution in [-0.4, -0.2) is 35.1 Å². The number of hydrogen-bond acceptors (Lipinski definition) is 5. The molecule has 2 heterocycles. The summed E-state index contributed by atoms with van der Waals surface area (Å²) in [6, 6.07) is 9.08. The zero-order valence-electron chi connectivity index (χ0n) is 16.5. The van der Waals surface area contributed by atoms with Gasteiger partial charge in [-0.1, -0.05) is 0 Å². The smallest absolute Gasteiger partial charge is 0.473 e. The quantitative estimate of drug-likeness (QED) is 0.731. The second-order valence-corrected chi connectivity index (χ2v) is 7.86. The normalized spacial score (nSPS) is 24.3. The van der Waals surface area contributed by atoms with Gasteiger partial charge in [-0.05, 0) is 69.4 Å². The first kappa shape index (κ1) is 20.4. The van der Waals surface area contributed by atoms with Crippen LogP contribution in [0.25, 0.3) is 0 Å². The maximum atomic E-state index is 13.2. The predicted octanol–water partition coefficient (Wildman–Crippen LogP) is 4.43. The van der Waals surface area contributed by atoms with Crippen LogP contribution in [0.5, 0.6) is 11.6 Å². The molecule has 0 N–H and O–H groups in total. The highest BCUT2D eigenvalue weighted by Gasteiger charge is 2.49. The van der Waals surface area contributed by atoms with E-state index in [4.69, 9.17) is 4.74 Å². The molecule has 1 spiro atoms. The molecule has 4 rings (SSSR count). The summed E-state index contributed by atoms with van der Waals surface area (Å²) >= 11 is 0. The molecule has 1 saturated carbocycles. The molecule has 9 heteroatoms. The van der Waals surface area contributed by atoms with E-state index in [0.717, 1.165) is 25.0 Å². The van der Waals surface area contributed by atoms with Crippen molar-refractivity contribution in [3.05, 3.63) is 42.1 Å². The number of carbonyl (C=O) groups excluding carboxylic acids is 1. The number of carbonyl (C=O) groups is 1. The maximum absolute atomic E-state index is 13.2. The Kier molecular flexibility index (Phi) is 5.29. The Balaban J connectivity index is 1.37. The van der Waals surface area contributed by atoms with E-state index >= 15 is 0 Å². The van der Waals surface area contributed by atoms with E-state index in [1.165, 1.54) is 24.3 Å². The Morgan fingerprint density at radius 1 is 1.03 bits per heavy atom. The third-order valence-electron chi connectivity index (χ3n) is 5.85. The number of anilines is 1. The van der Waals surface area contributed by atoms with Gasteiger partial charge in [-0.25, -0.2) is 0 Å². The van der Waals surface area contributed by atoms with Gasteiger partial charge in [-0.15, -0.1) is 18.3 Å². The fourth-order valence-corrected chi connectivity index (χ4v) is 4.24. The molecule has 1 amide bonds. The van der Waals surface area contributed by atoms with Crippen LogP contribution >= 0.6 is 0 Å². The highest BCUT2D eigenvalue weighted by atomic mass is 19.4. The number of ether oxygens (including phenoxy) is 2. The minimum Gasteiger partial charge on any atom is -0.473 e. The molecule has 1 aromatic heterocycles. The minimum absolute atomic E-state index is 0.00622. The summed E-state index contributed by atoms with van der Waals surface area (Å²) in [6.07, 6.45) is -1.11. The van der Waals surface area contributed by atoms with Gasteiger partial charge in [-0.2, -0.15) is 5.10 Å². The number of hydrogen-bond donors (Lipinski definition) is 0. The van der Waals surface area contributed by atoms with Crippen molar-refractivity contribution in [3.8, 4) is 11.6 Å². The van der Waals surface area contributed by atoms with Gasteiger partial charge in [-0.3, -0.25) is 4.79 Å². The zero-order valence-corrected chi connectivity index (χ0v) is 16.5. The van der Waals surface area contributed by atoms with E-state index < -0.39 is 11.8 Å². The highest BCUT2D eigenvalue weighted by Crippen LogP contribution is 2.46. The first-order valence-electron chi connectivity index (χ1n) is 9.89. The summed E-state index contributed by atoms with van der Waals surface area (Å²) < 4.78 is 46.8. The van der Waals surface area contributed by atoms with E-state index in [2.05, 4.69) is 14.9 Å². The number of aryl methyl sites for hydroxylation is 1. The van der Waals surface area contributed by atoms with Crippen molar-refractivity contribution in [2.45, 2.75) is 51.5 Å². The number of alkyl halides is 3. The summed E-state index contributed by atoms with van der Waals surface area (Å²) in [4.78, 5) is 14.8. The molecule has 1 aromatic carbocycles. The van der Waals surface area contributed by atoms with E-state index in [1.54, 1.807) is 11.0 Å². The van der Waals surface area contributed by atoms with Crippen LogP contribution in [0.2, 0.25) is 0 Å². The summed E-state index contributed by atoms with van der Waals surface area (Å²) in [5, 5.41) is 8.02. The van der Waals surface area contributed by atoms with Gasteiger partial charge < -0.3 is 14.4 Å². The highest BCUT2D eigenvalue weighted by molar-refractivity contribution is 6.00. The van der Waals surface area contributed by atoms with Gasteiger partial charge >= 0.3 is 6.36 Å². The summed E-state index contributed by atoms with van der Waals surface area (Å²) in [5.74, 6) is 0.215. The lowest BCUT2D eigenvalue weighted by Gasteiger charge is -2.35. The molecule has 2 aromatic rings. The van der Waals surface area contributed by atoms with Crippen molar-refractivity contribution >= 4 is 11.6 Å². The second-order valence-electron chi connectivity index (χ2n) is 7.86. The number of halogens is 3. The SMILES string of the molecule is Cc1ccc(O[C@H]2CC[C@]3(CCN(c4ccc(OC(F)(F)F)cc4)C3=O)CC2)nn1. The van der Waals surface area contributed by atoms with Gasteiger partial charge in [0.2, 0.25) is 11.8 Å². The molecule has 1 aliphatic heterocycles. The molecule has 30 heavy (non-hydrogen) atoms. The second kappa shape index (κ2) is 7.77. The standard InChI is InChI=1S/C21H22F3N3O3/c1-14-2-7-18(26-25-14)29-16-8-10-20(11-9-16)12-13-27(19(20)28)15-3-5-17(6-4-15)30-21(22,23)24/h2-7,16H,8-13H2,1H3/t16-,20+. The zero-order chi connectivity index (χ0) is 21.4. The maximum Gasteiger partial charge on any atom is 0.573 e. The van der Waals surface area contributed by atoms with Gasteiger partial charge in [0.05, 0.1) is 11.1 Å². The van der Waals surface area contributed by atoms with E-state index in [0.29, 0.717) is 31.0 Å². The molecule has 2 fully saturated rings. The molecule has 0 radical (unpaired) electrons. The van der Waals surface area contributed by atoms with Gasteiger partial charge in [0.25, 0.3) is 0 Å². The summed E-state index contributed by atoms with van der Waals surface area (Å²) in [7, 11) is 0. The first-order valence-corrected chi connectivity index (χ1v) is 9.89.